The molecule has 138 valence electrons. The summed E-state index contributed by atoms with van der Waals surface area (Å²) in [7, 11) is 0. The Morgan fingerprint density at radius 2 is 1.81 bits per heavy atom. The average molecular weight is 380 g/mol. The lowest BCUT2D eigenvalue weighted by Crippen LogP contribution is -2.28. The molecule has 1 N–H and O–H groups in total. The van der Waals surface area contributed by atoms with Crippen molar-refractivity contribution in [1.29, 1.82) is 5.26 Å². The number of hydrogen-bond donors (Lipinski definition) is 1. The lowest BCUT2D eigenvalue weighted by atomic mass is 9.96. The second-order valence-electron chi connectivity index (χ2n) is 6.70. The number of thiocyanates is 1. The number of ether oxygens (including phenoxy) is 1. The van der Waals surface area contributed by atoms with E-state index in [2.05, 4.69) is 5.32 Å². The smallest absolute Gasteiger partial charge is 0.317 e. The molecule has 2 aromatic carbocycles. The Morgan fingerprint density at radius 1 is 1.19 bits per heavy atom. The molecule has 6 heteroatoms. The Bertz CT molecular complexity index is 892. The third kappa shape index (κ3) is 4.15. The van der Waals surface area contributed by atoms with Gasteiger partial charge in [-0.1, -0.05) is 30.3 Å². The standard InChI is InChI=1S/C21H20N2O3S/c1-14-10-17(27-13-22)11-15(2)19(14)23-18(24)12-26-20(25)21(8-9-21)16-6-4-3-5-7-16/h3-7,10-11H,8-9,12H2,1-2H3,(H,23,24). The number of esters is 1. The summed E-state index contributed by atoms with van der Waals surface area (Å²) < 4.78 is 5.30. The van der Waals surface area contributed by atoms with Crippen LogP contribution in [0.15, 0.2) is 47.4 Å². The Morgan fingerprint density at radius 3 is 2.37 bits per heavy atom. The topological polar surface area (TPSA) is 79.2 Å². The van der Waals surface area contributed by atoms with E-state index in [0.29, 0.717) is 5.69 Å². The lowest BCUT2D eigenvalue weighted by Gasteiger charge is -2.16. The first-order chi connectivity index (χ1) is 13.0. The van der Waals surface area contributed by atoms with Gasteiger partial charge in [-0.15, -0.1) is 0 Å². The highest BCUT2D eigenvalue weighted by molar-refractivity contribution is 8.03. The Hall–Kier alpha value is -2.78. The van der Waals surface area contributed by atoms with Crippen molar-refractivity contribution in [3.8, 4) is 5.40 Å². The number of benzene rings is 2. The molecule has 0 saturated heterocycles. The fraction of sp³-hybridized carbons (Fsp3) is 0.286. The van der Waals surface area contributed by atoms with E-state index < -0.39 is 5.41 Å². The number of nitrogens with zero attached hydrogens (tertiary/aromatic N) is 1. The summed E-state index contributed by atoms with van der Waals surface area (Å²) in [5.74, 6) is -0.725. The zero-order valence-electron chi connectivity index (χ0n) is 15.2. The molecule has 1 fully saturated rings. The maximum atomic E-state index is 12.5. The van der Waals surface area contributed by atoms with Gasteiger partial charge in [0.05, 0.1) is 5.41 Å². The molecule has 1 aliphatic rings. The van der Waals surface area contributed by atoms with Gasteiger partial charge in [0.25, 0.3) is 5.91 Å². The highest BCUT2D eigenvalue weighted by Gasteiger charge is 2.52. The van der Waals surface area contributed by atoms with Crippen LogP contribution in [-0.4, -0.2) is 18.5 Å². The van der Waals surface area contributed by atoms with Gasteiger partial charge in [-0.3, -0.25) is 9.59 Å². The summed E-state index contributed by atoms with van der Waals surface area (Å²) in [6, 6.07) is 13.2. The van der Waals surface area contributed by atoms with Crippen LogP contribution in [0.1, 0.15) is 29.5 Å². The Kier molecular flexibility index (Phi) is 5.52. The van der Waals surface area contributed by atoms with E-state index in [1.165, 1.54) is 0 Å². The molecule has 0 unspecified atom stereocenters. The lowest BCUT2D eigenvalue weighted by molar-refractivity contribution is -0.150. The van der Waals surface area contributed by atoms with E-state index in [1.807, 2.05) is 61.7 Å². The second-order valence-corrected chi connectivity index (χ2v) is 7.56. The van der Waals surface area contributed by atoms with Crippen LogP contribution in [0.3, 0.4) is 0 Å². The minimum absolute atomic E-state index is 0.318. The van der Waals surface area contributed by atoms with E-state index in [4.69, 9.17) is 10.00 Å². The highest BCUT2D eigenvalue weighted by Crippen LogP contribution is 2.49. The molecule has 0 radical (unpaired) electrons. The number of aryl methyl sites for hydroxylation is 2. The molecule has 1 saturated carbocycles. The van der Waals surface area contributed by atoms with E-state index >= 15 is 0 Å². The maximum Gasteiger partial charge on any atom is 0.317 e. The van der Waals surface area contributed by atoms with E-state index in [0.717, 1.165) is 46.2 Å². The van der Waals surface area contributed by atoms with Crippen LogP contribution in [0.4, 0.5) is 5.69 Å². The van der Waals surface area contributed by atoms with Crippen molar-refractivity contribution in [2.75, 3.05) is 11.9 Å². The van der Waals surface area contributed by atoms with Gasteiger partial charge in [0.15, 0.2) is 6.61 Å². The number of rotatable bonds is 6. The number of carbonyl (C=O) groups is 2. The van der Waals surface area contributed by atoms with Gasteiger partial charge in [-0.25, -0.2) is 0 Å². The largest absolute Gasteiger partial charge is 0.455 e. The molecular formula is C21H20N2O3S. The van der Waals surface area contributed by atoms with Crippen LogP contribution in [0, 0.1) is 24.5 Å². The van der Waals surface area contributed by atoms with Crippen molar-refractivity contribution in [2.45, 2.75) is 37.0 Å². The summed E-state index contributed by atoms with van der Waals surface area (Å²) >= 11 is 1.08. The quantitative estimate of drug-likeness (QED) is 0.464. The van der Waals surface area contributed by atoms with Gasteiger partial charge < -0.3 is 10.1 Å². The van der Waals surface area contributed by atoms with Crippen molar-refractivity contribution in [3.63, 3.8) is 0 Å². The van der Waals surface area contributed by atoms with Crippen LogP contribution < -0.4 is 5.32 Å². The first-order valence-corrected chi connectivity index (χ1v) is 9.48. The first kappa shape index (κ1) is 19.0. The summed E-state index contributed by atoms with van der Waals surface area (Å²) in [5, 5.41) is 13.6. The van der Waals surface area contributed by atoms with Crippen LogP contribution in [0.5, 0.6) is 0 Å². The molecule has 0 atom stereocenters. The van der Waals surface area contributed by atoms with Crippen molar-refractivity contribution < 1.29 is 14.3 Å². The van der Waals surface area contributed by atoms with Gasteiger partial charge in [0.1, 0.15) is 5.40 Å². The van der Waals surface area contributed by atoms with E-state index in [1.54, 1.807) is 0 Å². The van der Waals surface area contributed by atoms with Crippen molar-refractivity contribution in [2.24, 2.45) is 0 Å². The maximum absolute atomic E-state index is 12.5. The zero-order valence-corrected chi connectivity index (χ0v) is 16.1. The number of nitrogens with one attached hydrogen (secondary N) is 1. The number of anilines is 1. The molecule has 0 aromatic heterocycles. The van der Waals surface area contributed by atoms with E-state index in [9.17, 15) is 9.59 Å². The second kappa shape index (κ2) is 7.85. The zero-order chi connectivity index (χ0) is 19.4. The summed E-state index contributed by atoms with van der Waals surface area (Å²) in [6.07, 6.45) is 1.49. The molecule has 0 aliphatic heterocycles. The minimum atomic E-state index is -0.594. The first-order valence-electron chi connectivity index (χ1n) is 8.66. The normalized spacial score (nSPS) is 14.1. The molecule has 1 amide bonds. The van der Waals surface area contributed by atoms with Crippen molar-refractivity contribution >= 4 is 29.3 Å². The summed E-state index contributed by atoms with van der Waals surface area (Å²) in [6.45, 7) is 3.41. The van der Waals surface area contributed by atoms with Gasteiger partial charge in [-0.2, -0.15) is 5.26 Å². The molecule has 0 bridgehead atoms. The Balaban J connectivity index is 1.61. The molecule has 27 heavy (non-hydrogen) atoms. The van der Waals surface area contributed by atoms with Gasteiger partial charge in [0.2, 0.25) is 0 Å². The molecule has 0 spiro atoms. The number of carbonyl (C=O) groups excluding carboxylic acids is 2. The van der Waals surface area contributed by atoms with Crippen molar-refractivity contribution in [3.05, 3.63) is 59.2 Å². The van der Waals surface area contributed by atoms with Crippen LogP contribution in [-0.2, 0) is 19.7 Å². The Labute approximate surface area is 162 Å². The van der Waals surface area contributed by atoms with Crippen molar-refractivity contribution in [1.82, 2.24) is 0 Å². The SMILES string of the molecule is Cc1cc(SC#N)cc(C)c1NC(=O)COC(=O)C1(c2ccccc2)CC1. The highest BCUT2D eigenvalue weighted by atomic mass is 32.2. The number of hydrogen-bond acceptors (Lipinski definition) is 5. The molecule has 0 heterocycles. The van der Waals surface area contributed by atoms with Crippen LogP contribution in [0.25, 0.3) is 0 Å². The molecule has 1 aliphatic carbocycles. The van der Waals surface area contributed by atoms with Gasteiger partial charge in [0, 0.05) is 10.6 Å². The predicted octanol–water partition coefficient (Wildman–Crippen LogP) is 4.09. The molecule has 3 rings (SSSR count). The van der Waals surface area contributed by atoms with E-state index in [-0.39, 0.29) is 18.5 Å². The van der Waals surface area contributed by atoms with Gasteiger partial charge in [-0.05, 0) is 67.3 Å². The average Bonchev–Trinajstić information content (AvgIpc) is 3.46. The summed E-state index contributed by atoms with van der Waals surface area (Å²) in [5.41, 5.74) is 2.74. The monoisotopic (exact) mass is 380 g/mol. The third-order valence-electron chi connectivity index (χ3n) is 4.74. The van der Waals surface area contributed by atoms with Crippen LogP contribution >= 0.6 is 11.8 Å². The number of amides is 1. The summed E-state index contributed by atoms with van der Waals surface area (Å²) in [4.78, 5) is 25.6. The molecular weight excluding hydrogens is 360 g/mol. The molecule has 2 aromatic rings. The fourth-order valence-electron chi connectivity index (χ4n) is 3.17. The predicted molar refractivity (Wildman–Crippen MR) is 104 cm³/mol. The third-order valence-corrected chi connectivity index (χ3v) is 5.30. The number of nitriles is 1. The number of thioether (sulfide) groups is 1. The molecule has 5 nitrogen and oxygen atoms in total. The minimum Gasteiger partial charge on any atom is -0.455 e. The fourth-order valence-corrected chi connectivity index (χ4v) is 3.75. The van der Waals surface area contributed by atoms with Crippen LogP contribution in [0.2, 0.25) is 0 Å². The van der Waals surface area contributed by atoms with Gasteiger partial charge >= 0.3 is 5.97 Å².